The van der Waals surface area contributed by atoms with Crippen LogP contribution in [0.2, 0.25) is 5.02 Å². The molecule has 0 atom stereocenters. The largest absolute Gasteiger partial charge is 0.393 e. The average Bonchev–Trinajstić information content (AvgIpc) is 3.38. The summed E-state index contributed by atoms with van der Waals surface area (Å²) in [5.74, 6) is 0.0551. The molecular formula is C31H31ClN4O3. The Morgan fingerprint density at radius 2 is 1.56 bits per heavy atom. The molecule has 4 aromatic rings. The monoisotopic (exact) mass is 542 g/mol. The summed E-state index contributed by atoms with van der Waals surface area (Å²) in [6.45, 7) is 1.66. The number of rotatable bonds is 9. The molecular weight excluding hydrogens is 512 g/mol. The van der Waals surface area contributed by atoms with Gasteiger partial charge < -0.3 is 15.3 Å². The number of anilines is 3. The predicted octanol–water partition coefficient (Wildman–Crippen LogP) is 5.63. The number of nitrogens with one attached hydrogen (secondary N) is 1. The van der Waals surface area contributed by atoms with Crippen LogP contribution in [-0.2, 0) is 19.9 Å². The van der Waals surface area contributed by atoms with Crippen LogP contribution in [0.25, 0.3) is 0 Å². The lowest BCUT2D eigenvalue weighted by Crippen LogP contribution is -2.35. The first-order valence-corrected chi connectivity index (χ1v) is 13.4. The van der Waals surface area contributed by atoms with E-state index in [9.17, 15) is 14.7 Å². The number of aliphatic hydroxyl groups excluding tert-OH is 1. The highest BCUT2D eigenvalue weighted by Crippen LogP contribution is 2.28. The number of Topliss-reactive ketones (excluding diaryl/α,β-unsaturated/α-hetero) is 2. The van der Waals surface area contributed by atoms with Crippen molar-refractivity contribution in [2.45, 2.75) is 31.8 Å². The summed E-state index contributed by atoms with van der Waals surface area (Å²) in [6.07, 6.45) is 5.18. The standard InChI is InChI=1S/C31H31ClN4O3/c1-35-20-24(19-33-35)31(39)18-22-4-11-29(28(32)16-22)34-25-7-2-21(3-8-25)17-30(38)23-5-9-26(10-6-23)36-14-12-27(37)13-15-36/h2-11,16,19-20,27,34,37H,12-15,17-18H2,1H3. The second kappa shape index (κ2) is 11.8. The molecule has 1 aliphatic heterocycles. The molecule has 2 heterocycles. The zero-order valence-electron chi connectivity index (χ0n) is 21.8. The lowest BCUT2D eigenvalue weighted by atomic mass is 10.0. The maximum Gasteiger partial charge on any atom is 0.170 e. The van der Waals surface area contributed by atoms with E-state index in [4.69, 9.17) is 11.6 Å². The molecule has 39 heavy (non-hydrogen) atoms. The highest BCUT2D eigenvalue weighted by atomic mass is 35.5. The lowest BCUT2D eigenvalue weighted by Gasteiger charge is -2.31. The normalized spacial score (nSPS) is 13.9. The zero-order chi connectivity index (χ0) is 27.4. The van der Waals surface area contributed by atoms with Crippen LogP contribution in [-0.4, -0.2) is 45.6 Å². The number of piperidine rings is 1. The van der Waals surface area contributed by atoms with Crippen LogP contribution in [0.5, 0.6) is 0 Å². The highest BCUT2D eigenvalue weighted by molar-refractivity contribution is 6.33. The maximum absolute atomic E-state index is 12.9. The highest BCUT2D eigenvalue weighted by Gasteiger charge is 2.18. The summed E-state index contributed by atoms with van der Waals surface area (Å²) in [4.78, 5) is 27.6. The van der Waals surface area contributed by atoms with Crippen LogP contribution in [0.15, 0.2) is 79.1 Å². The Balaban J connectivity index is 1.16. The molecule has 200 valence electrons. The fourth-order valence-electron chi connectivity index (χ4n) is 4.75. The molecule has 0 spiro atoms. The number of carbonyl (C=O) groups excluding carboxylic acids is 2. The van der Waals surface area contributed by atoms with Crippen molar-refractivity contribution in [3.63, 3.8) is 0 Å². The minimum Gasteiger partial charge on any atom is -0.393 e. The van der Waals surface area contributed by atoms with Gasteiger partial charge in [-0.3, -0.25) is 14.3 Å². The third-order valence-corrected chi connectivity index (χ3v) is 7.35. The van der Waals surface area contributed by atoms with Gasteiger partial charge in [0.25, 0.3) is 0 Å². The minimum absolute atomic E-state index is 0.0105. The average molecular weight is 543 g/mol. The van der Waals surface area contributed by atoms with Gasteiger partial charge in [-0.25, -0.2) is 0 Å². The number of benzene rings is 3. The van der Waals surface area contributed by atoms with E-state index < -0.39 is 0 Å². The van der Waals surface area contributed by atoms with E-state index in [1.807, 2.05) is 60.7 Å². The fraction of sp³-hybridized carbons (Fsp3) is 0.258. The van der Waals surface area contributed by atoms with Crippen molar-refractivity contribution in [3.8, 4) is 0 Å². The van der Waals surface area contributed by atoms with E-state index in [1.54, 1.807) is 30.2 Å². The van der Waals surface area contributed by atoms with Gasteiger partial charge in [-0.1, -0.05) is 29.8 Å². The SMILES string of the molecule is Cn1cc(C(=O)Cc2ccc(Nc3ccc(CC(=O)c4ccc(N5CCC(O)CC5)cc4)cc3)c(Cl)c2)cn1. The van der Waals surface area contributed by atoms with Gasteiger partial charge in [-0.15, -0.1) is 0 Å². The molecule has 0 unspecified atom stereocenters. The second-order valence-electron chi connectivity index (χ2n) is 10.0. The summed E-state index contributed by atoms with van der Waals surface area (Å²) in [5.41, 5.74) is 5.69. The van der Waals surface area contributed by atoms with Gasteiger partial charge >= 0.3 is 0 Å². The molecule has 8 heteroatoms. The zero-order valence-corrected chi connectivity index (χ0v) is 22.6. The Bertz CT molecular complexity index is 1460. The molecule has 5 rings (SSSR count). The first-order valence-electron chi connectivity index (χ1n) is 13.1. The van der Waals surface area contributed by atoms with E-state index in [0.717, 1.165) is 54.1 Å². The Morgan fingerprint density at radius 1 is 0.923 bits per heavy atom. The van der Waals surface area contributed by atoms with Gasteiger partial charge in [0.15, 0.2) is 11.6 Å². The quantitative estimate of drug-likeness (QED) is 0.267. The van der Waals surface area contributed by atoms with Crippen molar-refractivity contribution < 1.29 is 14.7 Å². The third-order valence-electron chi connectivity index (χ3n) is 7.04. The van der Waals surface area contributed by atoms with Crippen molar-refractivity contribution in [2.24, 2.45) is 7.05 Å². The first kappa shape index (κ1) is 26.7. The van der Waals surface area contributed by atoms with E-state index in [0.29, 0.717) is 22.6 Å². The van der Waals surface area contributed by atoms with Gasteiger partial charge in [0.2, 0.25) is 0 Å². The van der Waals surface area contributed by atoms with E-state index in [1.165, 1.54) is 0 Å². The van der Waals surface area contributed by atoms with Gasteiger partial charge in [0.1, 0.15) is 0 Å². The van der Waals surface area contributed by atoms with Crippen LogP contribution < -0.4 is 10.2 Å². The van der Waals surface area contributed by atoms with Gasteiger partial charge in [-0.2, -0.15) is 5.10 Å². The number of carbonyl (C=O) groups is 2. The van der Waals surface area contributed by atoms with Crippen LogP contribution in [0.1, 0.15) is 44.7 Å². The Hall–Kier alpha value is -3.94. The van der Waals surface area contributed by atoms with Crippen molar-refractivity contribution >= 4 is 40.2 Å². The molecule has 1 fully saturated rings. The Kier molecular flexibility index (Phi) is 8.10. The molecule has 1 aromatic heterocycles. The molecule has 1 saturated heterocycles. The number of aryl methyl sites for hydroxylation is 1. The molecule has 1 aliphatic rings. The molecule has 0 radical (unpaired) electrons. The number of nitrogens with zero attached hydrogens (tertiary/aromatic N) is 3. The van der Waals surface area contributed by atoms with Crippen LogP contribution in [0.3, 0.4) is 0 Å². The van der Waals surface area contributed by atoms with Crippen LogP contribution >= 0.6 is 11.6 Å². The number of hydrogen-bond acceptors (Lipinski definition) is 6. The minimum atomic E-state index is -0.207. The van der Waals surface area contributed by atoms with Crippen molar-refractivity contribution in [2.75, 3.05) is 23.3 Å². The number of aromatic nitrogens is 2. The smallest absolute Gasteiger partial charge is 0.170 e. The molecule has 3 aromatic carbocycles. The fourth-order valence-corrected chi connectivity index (χ4v) is 5.00. The Labute approximate surface area is 233 Å². The number of aliphatic hydroxyl groups is 1. The summed E-state index contributed by atoms with van der Waals surface area (Å²) >= 11 is 6.50. The van der Waals surface area contributed by atoms with Crippen molar-refractivity contribution in [1.29, 1.82) is 0 Å². The topological polar surface area (TPSA) is 87.5 Å². The van der Waals surface area contributed by atoms with Crippen molar-refractivity contribution in [1.82, 2.24) is 9.78 Å². The van der Waals surface area contributed by atoms with Crippen molar-refractivity contribution in [3.05, 3.63) is 106 Å². The lowest BCUT2D eigenvalue weighted by molar-refractivity contribution is 0.0984. The first-order chi connectivity index (χ1) is 18.8. The maximum atomic E-state index is 12.9. The van der Waals surface area contributed by atoms with Gasteiger partial charge in [0.05, 0.1) is 28.6 Å². The summed E-state index contributed by atoms with van der Waals surface area (Å²) in [5, 5.41) is 17.6. The van der Waals surface area contributed by atoms with E-state index in [-0.39, 0.29) is 24.1 Å². The molecule has 7 nitrogen and oxygen atoms in total. The van der Waals surface area contributed by atoms with E-state index >= 15 is 0 Å². The number of halogens is 1. The van der Waals surface area contributed by atoms with Gasteiger partial charge in [-0.05, 0) is 72.5 Å². The summed E-state index contributed by atoms with van der Waals surface area (Å²) < 4.78 is 1.61. The summed E-state index contributed by atoms with van der Waals surface area (Å²) in [7, 11) is 1.78. The Morgan fingerprint density at radius 3 is 2.21 bits per heavy atom. The number of ketones is 2. The van der Waals surface area contributed by atoms with Crippen LogP contribution in [0, 0.1) is 0 Å². The van der Waals surface area contributed by atoms with E-state index in [2.05, 4.69) is 15.3 Å². The predicted molar refractivity (Wildman–Crippen MR) is 154 cm³/mol. The molecule has 2 N–H and O–H groups in total. The molecule has 0 saturated carbocycles. The number of hydrogen-bond donors (Lipinski definition) is 2. The van der Waals surface area contributed by atoms with Gasteiger partial charge in [0, 0.05) is 56.1 Å². The molecule has 0 amide bonds. The third kappa shape index (κ3) is 6.74. The summed E-state index contributed by atoms with van der Waals surface area (Å²) in [6, 6.07) is 21.0. The molecule has 0 aliphatic carbocycles. The second-order valence-corrected chi connectivity index (χ2v) is 10.4. The van der Waals surface area contributed by atoms with Crippen LogP contribution in [0.4, 0.5) is 17.1 Å². The molecule has 0 bridgehead atoms.